The van der Waals surface area contributed by atoms with Crippen LogP contribution in [0.1, 0.15) is 40.4 Å². The Bertz CT molecular complexity index is 682. The van der Waals surface area contributed by atoms with E-state index >= 15 is 0 Å². The van der Waals surface area contributed by atoms with Crippen LogP contribution in [0.15, 0.2) is 36.5 Å². The molecule has 2 aromatic rings. The first kappa shape index (κ1) is 13.6. The first-order chi connectivity index (χ1) is 10.2. The maximum atomic E-state index is 12.9. The van der Waals surface area contributed by atoms with Crippen LogP contribution in [-0.4, -0.2) is 17.9 Å². The lowest BCUT2D eigenvalue weighted by Gasteiger charge is -2.23. The van der Waals surface area contributed by atoms with Crippen LogP contribution in [0.4, 0.5) is 5.69 Å². The molecule has 0 aliphatic heterocycles. The number of pyridine rings is 1. The molecule has 1 aliphatic carbocycles. The number of ether oxygens (including phenoxy) is 1. The summed E-state index contributed by atoms with van der Waals surface area (Å²) in [5.41, 5.74) is 9.06. The number of nitrogens with two attached hydrogens (primary N) is 1. The molecule has 108 valence electrons. The molecule has 1 aliphatic rings. The minimum Gasteiger partial charge on any atom is -0.497 e. The van der Waals surface area contributed by atoms with Crippen LogP contribution in [0.5, 0.6) is 5.75 Å². The van der Waals surface area contributed by atoms with E-state index in [0.717, 1.165) is 25.0 Å². The number of fused-ring (bicyclic) bond motifs is 1. The van der Waals surface area contributed by atoms with Crippen molar-refractivity contribution in [2.45, 2.75) is 25.2 Å². The van der Waals surface area contributed by atoms with E-state index in [1.807, 2.05) is 6.07 Å². The number of aromatic nitrogens is 1. The predicted octanol–water partition coefficient (Wildman–Crippen LogP) is 2.98. The van der Waals surface area contributed by atoms with E-state index < -0.39 is 0 Å². The van der Waals surface area contributed by atoms with Crippen LogP contribution in [0.2, 0.25) is 0 Å². The molecule has 0 saturated carbocycles. The van der Waals surface area contributed by atoms with Crippen molar-refractivity contribution in [1.29, 1.82) is 0 Å². The van der Waals surface area contributed by atoms with Gasteiger partial charge < -0.3 is 10.5 Å². The molecule has 1 aromatic carbocycles. The van der Waals surface area contributed by atoms with Gasteiger partial charge in [-0.1, -0.05) is 6.07 Å². The Hall–Kier alpha value is -2.36. The van der Waals surface area contributed by atoms with Gasteiger partial charge in [-0.15, -0.1) is 0 Å². The monoisotopic (exact) mass is 282 g/mol. The van der Waals surface area contributed by atoms with Gasteiger partial charge in [0.05, 0.1) is 18.7 Å². The van der Waals surface area contributed by atoms with Crippen LogP contribution < -0.4 is 10.5 Å². The molecular weight excluding hydrogens is 264 g/mol. The Morgan fingerprint density at radius 3 is 3.05 bits per heavy atom. The van der Waals surface area contributed by atoms with Crippen LogP contribution in [0, 0.1) is 0 Å². The molecule has 4 heteroatoms. The van der Waals surface area contributed by atoms with Gasteiger partial charge in [0.15, 0.2) is 5.78 Å². The van der Waals surface area contributed by atoms with Gasteiger partial charge in [-0.2, -0.15) is 0 Å². The van der Waals surface area contributed by atoms with Crippen LogP contribution >= 0.6 is 0 Å². The SMILES string of the molecule is COc1ccc(N)c(C(=O)C2CCCc3cccnc32)c1. The minimum atomic E-state index is -0.204. The summed E-state index contributed by atoms with van der Waals surface area (Å²) in [6.07, 6.45) is 4.55. The van der Waals surface area contributed by atoms with Gasteiger partial charge in [0.1, 0.15) is 5.75 Å². The summed E-state index contributed by atoms with van der Waals surface area (Å²) < 4.78 is 5.19. The van der Waals surface area contributed by atoms with Crippen LogP contribution in [0.3, 0.4) is 0 Å². The fraction of sp³-hybridized carbons (Fsp3) is 0.294. The highest BCUT2D eigenvalue weighted by molar-refractivity contribution is 6.05. The highest BCUT2D eigenvalue weighted by Gasteiger charge is 2.29. The zero-order valence-corrected chi connectivity index (χ0v) is 12.0. The minimum absolute atomic E-state index is 0.0334. The molecule has 1 unspecified atom stereocenters. The molecule has 0 spiro atoms. The fourth-order valence-electron chi connectivity index (χ4n) is 2.93. The smallest absolute Gasteiger partial charge is 0.174 e. The Balaban J connectivity index is 2.00. The van der Waals surface area contributed by atoms with E-state index in [1.165, 1.54) is 5.56 Å². The van der Waals surface area contributed by atoms with Crippen molar-refractivity contribution >= 4 is 11.5 Å². The lowest BCUT2D eigenvalue weighted by atomic mass is 9.81. The third kappa shape index (κ3) is 2.49. The highest BCUT2D eigenvalue weighted by atomic mass is 16.5. The first-order valence-electron chi connectivity index (χ1n) is 7.12. The van der Waals surface area contributed by atoms with Gasteiger partial charge >= 0.3 is 0 Å². The first-order valence-corrected chi connectivity index (χ1v) is 7.12. The maximum absolute atomic E-state index is 12.9. The quantitative estimate of drug-likeness (QED) is 0.694. The van der Waals surface area contributed by atoms with Gasteiger partial charge in [-0.05, 0) is 49.1 Å². The standard InChI is InChI=1S/C17H18N2O2/c1-21-12-7-8-15(18)14(10-12)17(20)13-6-2-4-11-5-3-9-19-16(11)13/h3,5,7-10,13H,2,4,6,18H2,1H3. The number of anilines is 1. The van der Waals surface area contributed by atoms with E-state index in [2.05, 4.69) is 11.1 Å². The number of nitrogens with zero attached hydrogens (tertiary/aromatic N) is 1. The fourth-order valence-corrected chi connectivity index (χ4v) is 2.93. The molecule has 2 N–H and O–H groups in total. The molecule has 1 aromatic heterocycles. The third-order valence-electron chi connectivity index (χ3n) is 4.04. The van der Waals surface area contributed by atoms with E-state index in [0.29, 0.717) is 17.0 Å². The molecule has 0 fully saturated rings. The van der Waals surface area contributed by atoms with Crippen molar-refractivity contribution < 1.29 is 9.53 Å². The summed E-state index contributed by atoms with van der Waals surface area (Å²) in [6.45, 7) is 0. The van der Waals surface area contributed by atoms with Crippen LogP contribution in [-0.2, 0) is 6.42 Å². The number of ketones is 1. The number of methoxy groups -OCH3 is 1. The van der Waals surface area contributed by atoms with Gasteiger partial charge in [-0.3, -0.25) is 9.78 Å². The zero-order valence-electron chi connectivity index (χ0n) is 12.0. The lowest BCUT2D eigenvalue weighted by Crippen LogP contribution is -2.21. The summed E-state index contributed by atoms with van der Waals surface area (Å²) in [5.74, 6) is 0.472. The number of rotatable bonds is 3. The molecular formula is C17H18N2O2. The number of hydrogen-bond acceptors (Lipinski definition) is 4. The van der Waals surface area contributed by atoms with E-state index in [9.17, 15) is 4.79 Å². The lowest BCUT2D eigenvalue weighted by molar-refractivity contribution is 0.0949. The second-order valence-corrected chi connectivity index (χ2v) is 5.31. The van der Waals surface area contributed by atoms with Gasteiger partial charge in [0.25, 0.3) is 0 Å². The molecule has 1 heterocycles. The molecule has 1 atom stereocenters. The van der Waals surface area contributed by atoms with Crippen LogP contribution in [0.25, 0.3) is 0 Å². The average molecular weight is 282 g/mol. The Kier molecular flexibility index (Phi) is 3.60. The maximum Gasteiger partial charge on any atom is 0.174 e. The number of aryl methyl sites for hydroxylation is 1. The van der Waals surface area contributed by atoms with Crippen molar-refractivity contribution in [2.24, 2.45) is 0 Å². The van der Waals surface area contributed by atoms with Gasteiger partial charge in [0, 0.05) is 17.4 Å². The molecule has 0 bridgehead atoms. The third-order valence-corrected chi connectivity index (χ3v) is 4.04. The molecule has 4 nitrogen and oxygen atoms in total. The molecule has 3 rings (SSSR count). The molecule has 21 heavy (non-hydrogen) atoms. The van der Waals surface area contributed by atoms with Crippen molar-refractivity contribution in [2.75, 3.05) is 12.8 Å². The van der Waals surface area contributed by atoms with Crippen molar-refractivity contribution in [3.05, 3.63) is 53.3 Å². The Morgan fingerprint density at radius 1 is 1.38 bits per heavy atom. The van der Waals surface area contributed by atoms with E-state index in [1.54, 1.807) is 31.5 Å². The summed E-state index contributed by atoms with van der Waals surface area (Å²) in [6, 6.07) is 9.17. The highest BCUT2D eigenvalue weighted by Crippen LogP contribution is 2.34. The molecule has 0 saturated heterocycles. The number of hydrogen-bond donors (Lipinski definition) is 1. The predicted molar refractivity (Wildman–Crippen MR) is 81.7 cm³/mol. The summed E-state index contributed by atoms with van der Waals surface area (Å²) in [7, 11) is 1.58. The summed E-state index contributed by atoms with van der Waals surface area (Å²) in [5, 5.41) is 0. The van der Waals surface area contributed by atoms with Crippen molar-refractivity contribution in [1.82, 2.24) is 4.98 Å². The Morgan fingerprint density at radius 2 is 2.24 bits per heavy atom. The summed E-state index contributed by atoms with van der Waals surface area (Å²) in [4.78, 5) is 17.3. The number of carbonyl (C=O) groups excluding carboxylic acids is 1. The largest absolute Gasteiger partial charge is 0.497 e. The van der Waals surface area contributed by atoms with Gasteiger partial charge in [0.2, 0.25) is 0 Å². The molecule has 0 amide bonds. The zero-order chi connectivity index (χ0) is 14.8. The Labute approximate surface area is 124 Å². The van der Waals surface area contributed by atoms with Crippen molar-refractivity contribution in [3.63, 3.8) is 0 Å². The normalized spacial score (nSPS) is 17.1. The van der Waals surface area contributed by atoms with Gasteiger partial charge in [-0.25, -0.2) is 0 Å². The van der Waals surface area contributed by atoms with Crippen molar-refractivity contribution in [3.8, 4) is 5.75 Å². The van der Waals surface area contributed by atoms with E-state index in [4.69, 9.17) is 10.5 Å². The average Bonchev–Trinajstić information content (AvgIpc) is 2.54. The number of nitrogen functional groups attached to an aromatic ring is 1. The summed E-state index contributed by atoms with van der Waals surface area (Å²) >= 11 is 0. The number of benzene rings is 1. The second kappa shape index (κ2) is 5.56. The number of carbonyl (C=O) groups is 1. The molecule has 0 radical (unpaired) electrons. The van der Waals surface area contributed by atoms with E-state index in [-0.39, 0.29) is 11.7 Å². The topological polar surface area (TPSA) is 65.2 Å². The second-order valence-electron chi connectivity index (χ2n) is 5.31. The number of Topliss-reactive ketones (excluding diaryl/α,β-unsaturated/α-hetero) is 1.